The van der Waals surface area contributed by atoms with Crippen LogP contribution in [0.3, 0.4) is 0 Å². The van der Waals surface area contributed by atoms with Crippen molar-refractivity contribution in [2.24, 2.45) is 11.1 Å². The largest absolute Gasteiger partial charge is 0.367 e. The first-order valence-electron chi connectivity index (χ1n) is 6.49. The normalized spacial score (nSPS) is 19.4. The Kier molecular flexibility index (Phi) is 3.55. The van der Waals surface area contributed by atoms with Crippen molar-refractivity contribution in [3.63, 3.8) is 0 Å². The summed E-state index contributed by atoms with van der Waals surface area (Å²) in [5.41, 5.74) is 6.10. The molecule has 0 atom stereocenters. The lowest BCUT2D eigenvalue weighted by atomic mass is 9.75. The second-order valence-electron chi connectivity index (χ2n) is 5.88. The second-order valence-corrected chi connectivity index (χ2v) is 5.88. The summed E-state index contributed by atoms with van der Waals surface area (Å²) in [4.78, 5) is 15.2. The number of rotatable bonds is 3. The molecule has 2 rings (SSSR count). The molecule has 1 aromatic heterocycles. The quantitative estimate of drug-likeness (QED) is 0.862. The highest BCUT2D eigenvalue weighted by Gasteiger charge is 2.26. The van der Waals surface area contributed by atoms with Gasteiger partial charge in [-0.1, -0.05) is 13.8 Å². The van der Waals surface area contributed by atoms with Gasteiger partial charge in [0, 0.05) is 12.2 Å². The molecular formula is C14H21N3O. The lowest BCUT2D eigenvalue weighted by Crippen LogP contribution is -2.30. The lowest BCUT2D eigenvalue weighted by molar-refractivity contribution is 0.1000. The van der Waals surface area contributed by atoms with Gasteiger partial charge in [0.05, 0.1) is 5.56 Å². The molecule has 1 amide bonds. The van der Waals surface area contributed by atoms with Crippen LogP contribution >= 0.6 is 0 Å². The number of nitrogens with two attached hydrogens (primary N) is 1. The van der Waals surface area contributed by atoms with Crippen molar-refractivity contribution in [2.45, 2.75) is 45.6 Å². The average molecular weight is 247 g/mol. The molecule has 1 aliphatic rings. The van der Waals surface area contributed by atoms with Gasteiger partial charge in [-0.3, -0.25) is 4.79 Å². The minimum Gasteiger partial charge on any atom is -0.367 e. The highest BCUT2D eigenvalue weighted by Crippen LogP contribution is 2.35. The predicted molar refractivity (Wildman–Crippen MR) is 72.4 cm³/mol. The van der Waals surface area contributed by atoms with E-state index in [0.717, 1.165) is 5.82 Å². The van der Waals surface area contributed by atoms with E-state index in [9.17, 15) is 4.79 Å². The topological polar surface area (TPSA) is 68.0 Å². The Morgan fingerprint density at radius 3 is 2.56 bits per heavy atom. The molecular weight excluding hydrogens is 226 g/mol. The van der Waals surface area contributed by atoms with E-state index in [1.165, 1.54) is 31.9 Å². The average Bonchev–Trinajstić information content (AvgIpc) is 2.33. The van der Waals surface area contributed by atoms with Crippen LogP contribution in [0.5, 0.6) is 0 Å². The number of anilines is 1. The molecule has 4 nitrogen and oxygen atoms in total. The molecule has 3 N–H and O–H groups in total. The second kappa shape index (κ2) is 4.96. The van der Waals surface area contributed by atoms with E-state index >= 15 is 0 Å². The fourth-order valence-corrected chi connectivity index (χ4v) is 2.38. The van der Waals surface area contributed by atoms with Crippen LogP contribution in [0.4, 0.5) is 5.82 Å². The highest BCUT2D eigenvalue weighted by atomic mass is 16.1. The van der Waals surface area contributed by atoms with Gasteiger partial charge in [0.2, 0.25) is 5.91 Å². The van der Waals surface area contributed by atoms with Gasteiger partial charge in [0.25, 0.3) is 0 Å². The van der Waals surface area contributed by atoms with Crippen LogP contribution in [0, 0.1) is 5.41 Å². The van der Waals surface area contributed by atoms with Gasteiger partial charge in [-0.05, 0) is 43.2 Å². The molecule has 4 heteroatoms. The first-order chi connectivity index (χ1) is 8.46. The molecule has 0 aromatic carbocycles. The van der Waals surface area contributed by atoms with E-state index in [-0.39, 0.29) is 0 Å². The number of nitrogens with one attached hydrogen (secondary N) is 1. The summed E-state index contributed by atoms with van der Waals surface area (Å²) in [5, 5.41) is 3.42. The van der Waals surface area contributed by atoms with Gasteiger partial charge in [-0.15, -0.1) is 0 Å². The standard InChI is InChI=1S/C14H21N3O/c1-14(2)7-5-11(6-8-14)17-12-4-3-10(9-16-12)13(15)18/h3-4,9,11H,5-8H2,1-2H3,(H2,15,18)(H,16,17). The fourth-order valence-electron chi connectivity index (χ4n) is 2.38. The Hall–Kier alpha value is -1.58. The van der Waals surface area contributed by atoms with E-state index in [1.54, 1.807) is 6.07 Å². The van der Waals surface area contributed by atoms with E-state index in [4.69, 9.17) is 5.73 Å². The zero-order valence-corrected chi connectivity index (χ0v) is 11.1. The predicted octanol–water partition coefficient (Wildman–Crippen LogP) is 2.56. The zero-order valence-electron chi connectivity index (χ0n) is 11.1. The summed E-state index contributed by atoms with van der Waals surface area (Å²) in [6, 6.07) is 4.02. The van der Waals surface area contributed by atoms with Gasteiger partial charge in [-0.2, -0.15) is 0 Å². The van der Waals surface area contributed by atoms with Crippen molar-refractivity contribution in [3.05, 3.63) is 23.9 Å². The van der Waals surface area contributed by atoms with E-state index in [2.05, 4.69) is 24.1 Å². The Bertz CT molecular complexity index is 415. The number of aromatic nitrogens is 1. The lowest BCUT2D eigenvalue weighted by Gasteiger charge is -2.34. The van der Waals surface area contributed by atoms with Crippen LogP contribution in [-0.2, 0) is 0 Å². The van der Waals surface area contributed by atoms with Crippen molar-refractivity contribution in [1.29, 1.82) is 0 Å². The zero-order chi connectivity index (χ0) is 13.2. The van der Waals surface area contributed by atoms with Gasteiger partial charge in [0.1, 0.15) is 5.82 Å². The number of hydrogen-bond donors (Lipinski definition) is 2. The molecule has 98 valence electrons. The Morgan fingerprint density at radius 2 is 2.06 bits per heavy atom. The van der Waals surface area contributed by atoms with Crippen LogP contribution in [0.2, 0.25) is 0 Å². The van der Waals surface area contributed by atoms with Gasteiger partial charge in [-0.25, -0.2) is 4.98 Å². The molecule has 1 aliphatic carbocycles. The molecule has 0 bridgehead atoms. The SMILES string of the molecule is CC1(C)CCC(Nc2ccc(C(N)=O)cn2)CC1. The summed E-state index contributed by atoms with van der Waals surface area (Å²) in [7, 11) is 0. The first kappa shape index (κ1) is 12.9. The van der Waals surface area contributed by atoms with E-state index < -0.39 is 5.91 Å². The third-order valence-electron chi connectivity index (χ3n) is 3.74. The van der Waals surface area contributed by atoms with E-state index in [0.29, 0.717) is 17.0 Å². The summed E-state index contributed by atoms with van der Waals surface area (Å²) in [6.45, 7) is 4.65. The molecule has 1 aromatic rings. The number of carbonyl (C=O) groups is 1. The van der Waals surface area contributed by atoms with Crippen LogP contribution < -0.4 is 11.1 Å². The number of primary amides is 1. The smallest absolute Gasteiger partial charge is 0.250 e. The molecule has 0 spiro atoms. The number of pyridine rings is 1. The number of carbonyl (C=O) groups excluding carboxylic acids is 1. The summed E-state index contributed by atoms with van der Waals surface area (Å²) in [5.74, 6) is 0.387. The molecule has 18 heavy (non-hydrogen) atoms. The molecule has 0 aliphatic heterocycles. The third-order valence-corrected chi connectivity index (χ3v) is 3.74. The van der Waals surface area contributed by atoms with Crippen molar-refractivity contribution < 1.29 is 4.79 Å². The van der Waals surface area contributed by atoms with E-state index in [1.807, 2.05) is 6.07 Å². The monoisotopic (exact) mass is 247 g/mol. The van der Waals surface area contributed by atoms with Crippen molar-refractivity contribution in [3.8, 4) is 0 Å². The third kappa shape index (κ3) is 3.22. The van der Waals surface area contributed by atoms with Gasteiger partial charge < -0.3 is 11.1 Å². The van der Waals surface area contributed by atoms with Gasteiger partial charge >= 0.3 is 0 Å². The molecule has 0 radical (unpaired) electrons. The van der Waals surface area contributed by atoms with Crippen molar-refractivity contribution in [1.82, 2.24) is 4.98 Å². The minimum atomic E-state index is -0.437. The Morgan fingerprint density at radius 1 is 1.39 bits per heavy atom. The minimum absolute atomic E-state index is 0.437. The van der Waals surface area contributed by atoms with Crippen molar-refractivity contribution in [2.75, 3.05) is 5.32 Å². The van der Waals surface area contributed by atoms with Crippen LogP contribution in [0.1, 0.15) is 49.9 Å². The fraction of sp³-hybridized carbons (Fsp3) is 0.571. The Balaban J connectivity index is 1.92. The summed E-state index contributed by atoms with van der Waals surface area (Å²) in [6.07, 6.45) is 6.35. The summed E-state index contributed by atoms with van der Waals surface area (Å²) < 4.78 is 0. The van der Waals surface area contributed by atoms with Crippen LogP contribution in [-0.4, -0.2) is 16.9 Å². The van der Waals surface area contributed by atoms with Crippen LogP contribution in [0.25, 0.3) is 0 Å². The summed E-state index contributed by atoms with van der Waals surface area (Å²) >= 11 is 0. The number of nitrogens with zero attached hydrogens (tertiary/aromatic N) is 1. The molecule has 1 saturated carbocycles. The maximum atomic E-state index is 10.9. The number of hydrogen-bond acceptors (Lipinski definition) is 3. The molecule has 0 unspecified atom stereocenters. The van der Waals surface area contributed by atoms with Crippen molar-refractivity contribution >= 4 is 11.7 Å². The molecule has 1 heterocycles. The Labute approximate surface area is 108 Å². The highest BCUT2D eigenvalue weighted by molar-refractivity contribution is 5.92. The van der Waals surface area contributed by atoms with Crippen LogP contribution in [0.15, 0.2) is 18.3 Å². The maximum Gasteiger partial charge on any atom is 0.250 e. The maximum absolute atomic E-state index is 10.9. The van der Waals surface area contributed by atoms with Gasteiger partial charge in [0.15, 0.2) is 0 Å². The molecule has 1 fully saturated rings. The molecule has 0 saturated heterocycles. The number of amides is 1. The first-order valence-corrected chi connectivity index (χ1v) is 6.49.